The Balaban J connectivity index is 1.42. The molecule has 29 heavy (non-hydrogen) atoms. The van der Waals surface area contributed by atoms with E-state index >= 15 is 0 Å². The fourth-order valence-electron chi connectivity index (χ4n) is 4.19. The zero-order valence-electron chi connectivity index (χ0n) is 15.9. The van der Waals surface area contributed by atoms with Gasteiger partial charge in [-0.2, -0.15) is 0 Å². The van der Waals surface area contributed by atoms with Gasteiger partial charge in [0.1, 0.15) is 11.6 Å². The summed E-state index contributed by atoms with van der Waals surface area (Å²) in [6.07, 6.45) is 5.16. The van der Waals surface area contributed by atoms with Crippen molar-refractivity contribution in [3.8, 4) is 0 Å². The van der Waals surface area contributed by atoms with Crippen LogP contribution >= 0.6 is 0 Å². The molecule has 1 N–H and O–H groups in total. The average molecular weight is 388 g/mol. The van der Waals surface area contributed by atoms with E-state index in [0.717, 1.165) is 55.1 Å². The number of nitrogens with zero attached hydrogens (tertiary/aromatic N) is 3. The molecule has 0 spiro atoms. The van der Waals surface area contributed by atoms with Gasteiger partial charge in [-0.1, -0.05) is 12.5 Å². The minimum atomic E-state index is -0.609. The summed E-state index contributed by atoms with van der Waals surface area (Å²) in [5.74, 6) is 0.523. The van der Waals surface area contributed by atoms with Gasteiger partial charge < -0.3 is 10.2 Å². The molecule has 0 unspecified atom stereocenters. The predicted molar refractivity (Wildman–Crippen MR) is 110 cm³/mol. The Morgan fingerprint density at radius 3 is 2.59 bits per heavy atom. The molecule has 6 heteroatoms. The molecule has 1 fully saturated rings. The Kier molecular flexibility index (Phi) is 4.27. The summed E-state index contributed by atoms with van der Waals surface area (Å²) < 4.78 is 13.2. The number of anilines is 3. The lowest BCUT2D eigenvalue weighted by Crippen LogP contribution is -2.46. The van der Waals surface area contributed by atoms with Crippen LogP contribution in [0.4, 0.5) is 21.6 Å². The molecule has 3 aromatic rings. The molecule has 1 aromatic carbocycles. The number of hydrogen-bond acceptors (Lipinski definition) is 4. The highest BCUT2D eigenvalue weighted by Gasteiger charge is 2.47. The lowest BCUT2D eigenvalue weighted by atomic mass is 9.65. The van der Waals surface area contributed by atoms with Crippen LogP contribution in [-0.4, -0.2) is 22.4 Å². The van der Waals surface area contributed by atoms with Gasteiger partial charge in [0.05, 0.1) is 22.5 Å². The molecule has 0 saturated heterocycles. The number of carbonyl (C=O) groups excluding carboxylic acids is 1. The van der Waals surface area contributed by atoms with Crippen molar-refractivity contribution < 1.29 is 9.18 Å². The van der Waals surface area contributed by atoms with Crippen molar-refractivity contribution >= 4 is 23.1 Å². The number of rotatable bonds is 4. The normalized spacial score (nSPS) is 16.8. The monoisotopic (exact) mass is 388 g/mol. The van der Waals surface area contributed by atoms with E-state index in [-0.39, 0.29) is 11.7 Å². The first-order chi connectivity index (χ1) is 14.2. The number of pyridine rings is 2. The number of halogens is 1. The van der Waals surface area contributed by atoms with Gasteiger partial charge in [-0.25, -0.2) is 9.37 Å². The van der Waals surface area contributed by atoms with Crippen LogP contribution in [0, 0.1) is 5.82 Å². The van der Waals surface area contributed by atoms with Gasteiger partial charge in [0.25, 0.3) is 0 Å². The molecule has 1 amide bonds. The number of nitrogens with one attached hydrogen (secondary N) is 1. The highest BCUT2D eigenvalue weighted by atomic mass is 19.1. The Bertz CT molecular complexity index is 1050. The van der Waals surface area contributed by atoms with Crippen molar-refractivity contribution in [2.45, 2.75) is 31.1 Å². The summed E-state index contributed by atoms with van der Waals surface area (Å²) in [5, 5.41) is 2.95. The topological polar surface area (TPSA) is 58.1 Å². The maximum Gasteiger partial charge on any atom is 0.236 e. The zero-order chi connectivity index (χ0) is 19.8. The van der Waals surface area contributed by atoms with Crippen molar-refractivity contribution in [1.29, 1.82) is 0 Å². The summed E-state index contributed by atoms with van der Waals surface area (Å²) in [6.45, 7) is 0.831. The maximum absolute atomic E-state index is 13.2. The lowest BCUT2D eigenvalue weighted by Gasteiger charge is -2.39. The van der Waals surface area contributed by atoms with Crippen LogP contribution in [0.3, 0.4) is 0 Å². The first-order valence-corrected chi connectivity index (χ1v) is 9.92. The Hall–Kier alpha value is -3.28. The first-order valence-electron chi connectivity index (χ1n) is 9.92. The molecule has 0 radical (unpaired) electrons. The second-order valence-corrected chi connectivity index (χ2v) is 7.65. The van der Waals surface area contributed by atoms with Crippen LogP contribution in [0.5, 0.6) is 0 Å². The quantitative estimate of drug-likeness (QED) is 0.721. The minimum absolute atomic E-state index is 0.0672. The third-order valence-corrected chi connectivity index (χ3v) is 5.97. The van der Waals surface area contributed by atoms with E-state index in [1.165, 1.54) is 12.1 Å². The molecule has 1 aliphatic heterocycles. The molecule has 146 valence electrons. The molecule has 2 aromatic heterocycles. The van der Waals surface area contributed by atoms with E-state index < -0.39 is 5.41 Å². The SMILES string of the molecule is O=C(Nc1ccc(F)cc1)C1(c2ccc3c(n2)CCN3c2ccccn2)CCC1. The smallest absolute Gasteiger partial charge is 0.236 e. The van der Waals surface area contributed by atoms with Gasteiger partial charge in [-0.3, -0.25) is 9.78 Å². The Morgan fingerprint density at radius 2 is 1.90 bits per heavy atom. The van der Waals surface area contributed by atoms with Gasteiger partial charge in [-0.05, 0) is 61.4 Å². The summed E-state index contributed by atoms with van der Waals surface area (Å²) >= 11 is 0. The molecule has 0 atom stereocenters. The fraction of sp³-hybridized carbons (Fsp3) is 0.261. The van der Waals surface area contributed by atoms with Crippen molar-refractivity contribution in [3.63, 3.8) is 0 Å². The second-order valence-electron chi connectivity index (χ2n) is 7.65. The number of carbonyl (C=O) groups is 1. The maximum atomic E-state index is 13.2. The Labute approximate surface area is 168 Å². The summed E-state index contributed by atoms with van der Waals surface area (Å²) in [6, 6.07) is 15.8. The molecular weight excluding hydrogens is 367 g/mol. The van der Waals surface area contributed by atoms with Crippen molar-refractivity contribution in [3.05, 3.63) is 78.0 Å². The van der Waals surface area contributed by atoms with Crippen LogP contribution < -0.4 is 10.2 Å². The Morgan fingerprint density at radius 1 is 1.07 bits per heavy atom. The average Bonchev–Trinajstić information content (AvgIpc) is 3.13. The first kappa shape index (κ1) is 17.8. The van der Waals surface area contributed by atoms with Crippen LogP contribution in [0.1, 0.15) is 30.7 Å². The lowest BCUT2D eigenvalue weighted by molar-refractivity contribution is -0.124. The predicted octanol–water partition coefficient (Wildman–Crippen LogP) is 4.37. The number of benzene rings is 1. The van der Waals surface area contributed by atoms with E-state index in [1.54, 1.807) is 18.3 Å². The van der Waals surface area contributed by atoms with E-state index in [4.69, 9.17) is 4.98 Å². The number of amides is 1. The highest BCUT2D eigenvalue weighted by Crippen LogP contribution is 2.45. The van der Waals surface area contributed by atoms with Gasteiger partial charge in [0.2, 0.25) is 5.91 Å². The van der Waals surface area contributed by atoms with Crippen molar-refractivity contribution in [2.75, 3.05) is 16.8 Å². The third kappa shape index (κ3) is 3.05. The van der Waals surface area contributed by atoms with Crippen LogP contribution in [0.15, 0.2) is 60.8 Å². The van der Waals surface area contributed by atoms with E-state index in [1.807, 2.05) is 24.3 Å². The van der Waals surface area contributed by atoms with Crippen molar-refractivity contribution in [1.82, 2.24) is 9.97 Å². The van der Waals surface area contributed by atoms with Gasteiger partial charge in [0, 0.05) is 24.8 Å². The summed E-state index contributed by atoms with van der Waals surface area (Å²) in [4.78, 5) is 24.6. The summed E-state index contributed by atoms with van der Waals surface area (Å²) in [7, 11) is 0. The standard InChI is InChI=1S/C23H21FN4O/c24-16-5-7-17(8-6-16)26-22(29)23(12-3-13-23)20-10-9-19-18(27-20)11-15-28(19)21-4-1-2-14-25-21/h1-2,4-10,14H,3,11-13,15H2,(H,26,29). The fourth-order valence-corrected chi connectivity index (χ4v) is 4.19. The van der Waals surface area contributed by atoms with Crippen molar-refractivity contribution in [2.24, 2.45) is 0 Å². The molecule has 0 bridgehead atoms. The second kappa shape index (κ2) is 6.95. The van der Waals surface area contributed by atoms with Gasteiger partial charge in [-0.15, -0.1) is 0 Å². The number of fused-ring (bicyclic) bond motifs is 1. The molecular formula is C23H21FN4O. The molecule has 3 heterocycles. The van der Waals surface area contributed by atoms with Crippen LogP contribution in [0.25, 0.3) is 0 Å². The molecule has 2 aliphatic rings. The highest BCUT2D eigenvalue weighted by molar-refractivity contribution is 5.99. The zero-order valence-corrected chi connectivity index (χ0v) is 15.9. The van der Waals surface area contributed by atoms with Crippen LogP contribution in [0.2, 0.25) is 0 Å². The minimum Gasteiger partial charge on any atom is -0.325 e. The largest absolute Gasteiger partial charge is 0.325 e. The van der Waals surface area contributed by atoms with E-state index in [0.29, 0.717) is 5.69 Å². The van der Waals surface area contributed by atoms with Crippen LogP contribution in [-0.2, 0) is 16.6 Å². The van der Waals surface area contributed by atoms with Gasteiger partial charge in [0.15, 0.2) is 0 Å². The molecule has 5 rings (SSSR count). The van der Waals surface area contributed by atoms with Gasteiger partial charge >= 0.3 is 0 Å². The number of aromatic nitrogens is 2. The molecule has 5 nitrogen and oxygen atoms in total. The van der Waals surface area contributed by atoms with E-state index in [9.17, 15) is 9.18 Å². The number of hydrogen-bond donors (Lipinski definition) is 1. The molecule has 1 saturated carbocycles. The molecule has 1 aliphatic carbocycles. The van der Waals surface area contributed by atoms with E-state index in [2.05, 4.69) is 21.3 Å². The third-order valence-electron chi connectivity index (χ3n) is 5.97. The summed E-state index contributed by atoms with van der Waals surface area (Å²) in [5.41, 5.74) is 2.88.